The molecule has 1 N–H and O–H groups in total. The van der Waals surface area contributed by atoms with E-state index in [1.54, 1.807) is 19.6 Å². The first-order valence-electron chi connectivity index (χ1n) is 6.01. The third kappa shape index (κ3) is 2.90. The van der Waals surface area contributed by atoms with Gasteiger partial charge in [0.15, 0.2) is 0 Å². The summed E-state index contributed by atoms with van der Waals surface area (Å²) >= 11 is 0. The van der Waals surface area contributed by atoms with E-state index in [9.17, 15) is 0 Å². The molecule has 0 unspecified atom stereocenters. The summed E-state index contributed by atoms with van der Waals surface area (Å²) < 4.78 is 10.7. The molecule has 0 atom stereocenters. The molecule has 96 valence electrons. The van der Waals surface area contributed by atoms with Crippen molar-refractivity contribution in [2.24, 2.45) is 0 Å². The number of hydrogen-bond donors (Lipinski definition) is 1. The van der Waals surface area contributed by atoms with Gasteiger partial charge in [-0.05, 0) is 17.7 Å². The van der Waals surface area contributed by atoms with Crippen molar-refractivity contribution in [2.45, 2.75) is 26.4 Å². The van der Waals surface area contributed by atoms with Gasteiger partial charge in [0.1, 0.15) is 5.76 Å². The Labute approximate surface area is 107 Å². The Morgan fingerprint density at radius 1 is 1.39 bits per heavy atom. The van der Waals surface area contributed by atoms with Gasteiger partial charge in [-0.1, -0.05) is 13.8 Å². The molecule has 2 aromatic heterocycles. The molecule has 0 aliphatic heterocycles. The third-order valence-electron chi connectivity index (χ3n) is 2.67. The summed E-state index contributed by atoms with van der Waals surface area (Å²) in [6, 6.07) is 6.25. The van der Waals surface area contributed by atoms with Crippen LogP contribution in [0.5, 0.6) is 5.88 Å². The van der Waals surface area contributed by atoms with E-state index < -0.39 is 0 Å². The van der Waals surface area contributed by atoms with Crippen molar-refractivity contribution in [1.29, 1.82) is 0 Å². The Hall–Kier alpha value is -1.81. The minimum atomic E-state index is 0.426. The Morgan fingerprint density at radius 2 is 2.22 bits per heavy atom. The highest BCUT2D eigenvalue weighted by Gasteiger charge is 2.10. The van der Waals surface area contributed by atoms with Crippen LogP contribution in [0, 0.1) is 0 Å². The SMILES string of the molecule is COc1cc(-c2ccoc2CNC(C)C)ccn1. The van der Waals surface area contributed by atoms with Crippen molar-refractivity contribution in [2.75, 3.05) is 7.11 Å². The second-order valence-corrected chi connectivity index (χ2v) is 4.38. The molecule has 2 aromatic rings. The minimum absolute atomic E-state index is 0.426. The Morgan fingerprint density at radius 3 is 2.94 bits per heavy atom. The van der Waals surface area contributed by atoms with E-state index in [1.807, 2.05) is 18.2 Å². The highest BCUT2D eigenvalue weighted by atomic mass is 16.5. The van der Waals surface area contributed by atoms with Gasteiger partial charge in [0, 0.05) is 23.9 Å². The van der Waals surface area contributed by atoms with Gasteiger partial charge >= 0.3 is 0 Å². The molecule has 0 bridgehead atoms. The monoisotopic (exact) mass is 246 g/mol. The second kappa shape index (κ2) is 5.69. The molecule has 2 rings (SSSR count). The van der Waals surface area contributed by atoms with Gasteiger partial charge in [-0.25, -0.2) is 4.98 Å². The molecule has 0 fully saturated rings. The smallest absolute Gasteiger partial charge is 0.213 e. The molecule has 0 radical (unpaired) electrons. The molecule has 0 amide bonds. The lowest BCUT2D eigenvalue weighted by Gasteiger charge is -2.08. The lowest BCUT2D eigenvalue weighted by atomic mass is 10.1. The van der Waals surface area contributed by atoms with Crippen molar-refractivity contribution in [3.8, 4) is 17.0 Å². The first-order valence-corrected chi connectivity index (χ1v) is 6.01. The van der Waals surface area contributed by atoms with Gasteiger partial charge in [-0.3, -0.25) is 0 Å². The number of pyridine rings is 1. The van der Waals surface area contributed by atoms with E-state index in [2.05, 4.69) is 24.1 Å². The number of rotatable bonds is 5. The largest absolute Gasteiger partial charge is 0.481 e. The average Bonchev–Trinajstić information content (AvgIpc) is 2.84. The van der Waals surface area contributed by atoms with Gasteiger partial charge < -0.3 is 14.5 Å². The summed E-state index contributed by atoms with van der Waals surface area (Å²) in [5, 5.41) is 3.35. The van der Waals surface area contributed by atoms with Crippen LogP contribution in [-0.2, 0) is 6.54 Å². The summed E-state index contributed by atoms with van der Waals surface area (Å²) in [6.45, 7) is 4.93. The Balaban J connectivity index is 2.24. The average molecular weight is 246 g/mol. The van der Waals surface area contributed by atoms with Crippen LogP contribution in [0.3, 0.4) is 0 Å². The Bertz CT molecular complexity index is 506. The molecule has 4 nitrogen and oxygen atoms in total. The molecule has 18 heavy (non-hydrogen) atoms. The molecule has 2 heterocycles. The molecule has 0 aliphatic rings. The van der Waals surface area contributed by atoms with Crippen LogP contribution in [0.15, 0.2) is 35.1 Å². The molecular weight excluding hydrogens is 228 g/mol. The summed E-state index contributed by atoms with van der Waals surface area (Å²) in [6.07, 6.45) is 3.44. The lowest BCUT2D eigenvalue weighted by Crippen LogP contribution is -2.21. The first-order chi connectivity index (χ1) is 8.70. The zero-order valence-corrected chi connectivity index (χ0v) is 10.9. The normalized spacial score (nSPS) is 10.9. The number of methoxy groups -OCH3 is 1. The maximum absolute atomic E-state index is 5.52. The van der Waals surface area contributed by atoms with Gasteiger partial charge in [-0.15, -0.1) is 0 Å². The van der Waals surface area contributed by atoms with Crippen LogP contribution >= 0.6 is 0 Å². The highest BCUT2D eigenvalue weighted by Crippen LogP contribution is 2.26. The molecule has 0 saturated carbocycles. The van der Waals surface area contributed by atoms with Crippen LogP contribution in [0.25, 0.3) is 11.1 Å². The fraction of sp³-hybridized carbons (Fsp3) is 0.357. The van der Waals surface area contributed by atoms with Crippen molar-refractivity contribution in [3.63, 3.8) is 0 Å². The molecule has 0 spiro atoms. The quantitative estimate of drug-likeness (QED) is 0.881. The van der Waals surface area contributed by atoms with Crippen molar-refractivity contribution in [3.05, 3.63) is 36.4 Å². The maximum Gasteiger partial charge on any atom is 0.213 e. The van der Waals surface area contributed by atoms with Gasteiger partial charge in [0.05, 0.1) is 19.9 Å². The van der Waals surface area contributed by atoms with E-state index >= 15 is 0 Å². The molecule has 0 aliphatic carbocycles. The van der Waals surface area contributed by atoms with E-state index in [0.717, 1.165) is 16.9 Å². The number of ether oxygens (including phenoxy) is 1. The van der Waals surface area contributed by atoms with Crippen LogP contribution < -0.4 is 10.1 Å². The summed E-state index contributed by atoms with van der Waals surface area (Å²) in [5.74, 6) is 1.54. The number of nitrogens with zero attached hydrogens (tertiary/aromatic N) is 1. The van der Waals surface area contributed by atoms with E-state index in [4.69, 9.17) is 9.15 Å². The summed E-state index contributed by atoms with van der Waals surface area (Å²) in [7, 11) is 1.61. The highest BCUT2D eigenvalue weighted by molar-refractivity contribution is 5.66. The van der Waals surface area contributed by atoms with Crippen LogP contribution in [0.1, 0.15) is 19.6 Å². The van der Waals surface area contributed by atoms with Crippen molar-refractivity contribution in [1.82, 2.24) is 10.3 Å². The first kappa shape index (κ1) is 12.6. The molecule has 4 heteroatoms. The van der Waals surface area contributed by atoms with Gasteiger partial charge in [0.2, 0.25) is 5.88 Å². The number of aromatic nitrogens is 1. The number of nitrogens with one attached hydrogen (secondary N) is 1. The third-order valence-corrected chi connectivity index (χ3v) is 2.67. The summed E-state index contributed by atoms with van der Waals surface area (Å²) in [5.41, 5.74) is 2.13. The maximum atomic E-state index is 5.52. The topological polar surface area (TPSA) is 47.3 Å². The van der Waals surface area contributed by atoms with Gasteiger partial charge in [-0.2, -0.15) is 0 Å². The molecule has 0 saturated heterocycles. The van der Waals surface area contributed by atoms with E-state index in [-0.39, 0.29) is 0 Å². The molecule has 0 aromatic carbocycles. The second-order valence-electron chi connectivity index (χ2n) is 4.38. The fourth-order valence-corrected chi connectivity index (χ4v) is 1.72. The lowest BCUT2D eigenvalue weighted by molar-refractivity contribution is 0.398. The number of furan rings is 1. The van der Waals surface area contributed by atoms with Gasteiger partial charge in [0.25, 0.3) is 0 Å². The predicted octanol–water partition coefficient (Wildman–Crippen LogP) is 2.85. The fourth-order valence-electron chi connectivity index (χ4n) is 1.72. The zero-order chi connectivity index (χ0) is 13.0. The van der Waals surface area contributed by atoms with Crippen LogP contribution in [-0.4, -0.2) is 18.1 Å². The van der Waals surface area contributed by atoms with Crippen LogP contribution in [0.4, 0.5) is 0 Å². The van der Waals surface area contributed by atoms with E-state index in [1.165, 1.54) is 0 Å². The molecular formula is C14H18N2O2. The van der Waals surface area contributed by atoms with E-state index in [0.29, 0.717) is 18.5 Å². The zero-order valence-electron chi connectivity index (χ0n) is 10.9. The van der Waals surface area contributed by atoms with Crippen molar-refractivity contribution < 1.29 is 9.15 Å². The van der Waals surface area contributed by atoms with Crippen LogP contribution in [0.2, 0.25) is 0 Å². The van der Waals surface area contributed by atoms with Crippen molar-refractivity contribution >= 4 is 0 Å². The predicted molar refractivity (Wildman–Crippen MR) is 70.5 cm³/mol. The standard InChI is InChI=1S/C14H18N2O2/c1-10(2)16-9-13-12(5-7-18-13)11-4-6-15-14(8-11)17-3/h4-8,10,16H,9H2,1-3H3. The Kier molecular flexibility index (Phi) is 3.99. The number of hydrogen-bond acceptors (Lipinski definition) is 4. The minimum Gasteiger partial charge on any atom is -0.481 e. The summed E-state index contributed by atoms with van der Waals surface area (Å²) in [4.78, 5) is 4.10.